The lowest BCUT2D eigenvalue weighted by Gasteiger charge is -2.35. The summed E-state index contributed by atoms with van der Waals surface area (Å²) >= 11 is 1.77. The standard InChI is InChI=1S/C20H21FN4O2S2/c21-14-5-7-15(8-6-14)29(26,27)25-11-9-24(10-12-25)19-18-16-3-1-2-4-17(16)28-20(18)23-13-22-19/h5-8,13H,1-4,9-12H2. The number of anilines is 1. The van der Waals surface area contributed by atoms with E-state index in [-0.39, 0.29) is 4.90 Å². The zero-order chi connectivity index (χ0) is 20.0. The van der Waals surface area contributed by atoms with E-state index in [9.17, 15) is 12.8 Å². The number of fused-ring (bicyclic) bond motifs is 3. The smallest absolute Gasteiger partial charge is 0.243 e. The normalized spacial score (nSPS) is 18.2. The summed E-state index contributed by atoms with van der Waals surface area (Å²) in [7, 11) is -3.62. The third-order valence-corrected chi connectivity index (χ3v) is 8.83. The molecule has 0 radical (unpaired) electrons. The number of halogens is 1. The first kappa shape index (κ1) is 18.9. The Morgan fingerprint density at radius 3 is 2.45 bits per heavy atom. The molecule has 0 atom stereocenters. The Hall–Kier alpha value is -2.10. The summed E-state index contributed by atoms with van der Waals surface area (Å²) in [6.07, 6.45) is 6.20. The molecule has 0 N–H and O–H groups in total. The molecule has 6 nitrogen and oxygen atoms in total. The van der Waals surface area contributed by atoms with E-state index < -0.39 is 15.8 Å². The van der Waals surface area contributed by atoms with Gasteiger partial charge in [0, 0.05) is 31.1 Å². The first-order valence-corrected chi connectivity index (χ1v) is 12.1. The van der Waals surface area contributed by atoms with Crippen LogP contribution in [0.2, 0.25) is 0 Å². The van der Waals surface area contributed by atoms with Crippen LogP contribution in [-0.4, -0.2) is 48.9 Å². The number of aryl methyl sites for hydroxylation is 2. The van der Waals surface area contributed by atoms with Crippen molar-refractivity contribution >= 4 is 37.4 Å². The second-order valence-electron chi connectivity index (χ2n) is 7.43. The van der Waals surface area contributed by atoms with Crippen LogP contribution in [0.5, 0.6) is 0 Å². The first-order chi connectivity index (χ1) is 14.0. The summed E-state index contributed by atoms with van der Waals surface area (Å²) in [5.74, 6) is 0.480. The van der Waals surface area contributed by atoms with E-state index in [0.29, 0.717) is 26.2 Å². The van der Waals surface area contributed by atoms with Gasteiger partial charge in [-0.2, -0.15) is 4.31 Å². The molecule has 0 amide bonds. The first-order valence-electron chi connectivity index (χ1n) is 9.80. The topological polar surface area (TPSA) is 66.4 Å². The highest BCUT2D eigenvalue weighted by Gasteiger charge is 2.30. The van der Waals surface area contributed by atoms with E-state index in [0.717, 1.165) is 28.9 Å². The van der Waals surface area contributed by atoms with Gasteiger partial charge in [-0.15, -0.1) is 11.3 Å². The van der Waals surface area contributed by atoms with Gasteiger partial charge >= 0.3 is 0 Å². The molecule has 1 fully saturated rings. The highest BCUT2D eigenvalue weighted by molar-refractivity contribution is 7.89. The summed E-state index contributed by atoms with van der Waals surface area (Å²) in [4.78, 5) is 13.8. The molecule has 1 aromatic carbocycles. The lowest BCUT2D eigenvalue weighted by Crippen LogP contribution is -2.49. The van der Waals surface area contributed by atoms with Crippen LogP contribution in [0.4, 0.5) is 10.2 Å². The molecule has 5 rings (SSSR count). The van der Waals surface area contributed by atoms with Crippen LogP contribution >= 0.6 is 11.3 Å². The van der Waals surface area contributed by atoms with Gasteiger partial charge in [0.25, 0.3) is 0 Å². The van der Waals surface area contributed by atoms with Crippen LogP contribution in [0, 0.1) is 5.82 Å². The molecule has 1 aliphatic heterocycles. The van der Waals surface area contributed by atoms with Crippen molar-refractivity contribution in [3.63, 3.8) is 0 Å². The molecule has 1 aliphatic carbocycles. The molecule has 0 bridgehead atoms. The summed E-state index contributed by atoms with van der Waals surface area (Å²) in [6.45, 7) is 1.88. The van der Waals surface area contributed by atoms with Crippen molar-refractivity contribution in [1.29, 1.82) is 0 Å². The van der Waals surface area contributed by atoms with E-state index >= 15 is 0 Å². The molecule has 2 aliphatic rings. The van der Waals surface area contributed by atoms with Crippen molar-refractivity contribution in [1.82, 2.24) is 14.3 Å². The fraction of sp³-hybridized carbons (Fsp3) is 0.400. The minimum absolute atomic E-state index is 0.128. The second-order valence-corrected chi connectivity index (χ2v) is 10.5. The number of hydrogen-bond donors (Lipinski definition) is 0. The fourth-order valence-electron chi connectivity index (χ4n) is 4.21. The third-order valence-electron chi connectivity index (χ3n) is 5.72. The molecule has 0 unspecified atom stereocenters. The molecule has 3 heterocycles. The van der Waals surface area contributed by atoms with Crippen molar-refractivity contribution in [2.75, 3.05) is 31.1 Å². The molecule has 9 heteroatoms. The number of sulfonamides is 1. The third kappa shape index (κ3) is 3.31. The van der Waals surface area contributed by atoms with Gasteiger partial charge < -0.3 is 4.90 Å². The van der Waals surface area contributed by atoms with E-state index in [1.165, 1.54) is 51.9 Å². The average molecular weight is 433 g/mol. The average Bonchev–Trinajstić information content (AvgIpc) is 3.13. The second kappa shape index (κ2) is 7.30. The maximum atomic E-state index is 13.2. The van der Waals surface area contributed by atoms with Crippen LogP contribution in [-0.2, 0) is 22.9 Å². The highest BCUT2D eigenvalue weighted by Crippen LogP contribution is 2.39. The molecular weight excluding hydrogens is 411 g/mol. The van der Waals surface area contributed by atoms with Gasteiger partial charge in [-0.3, -0.25) is 0 Å². The Kier molecular flexibility index (Phi) is 4.76. The molecule has 152 valence electrons. The molecule has 1 saturated heterocycles. The van der Waals surface area contributed by atoms with Gasteiger partial charge in [0.1, 0.15) is 22.8 Å². The SMILES string of the molecule is O=S(=O)(c1ccc(F)cc1)N1CCN(c2ncnc3sc4c(c23)CCCC4)CC1. The van der Waals surface area contributed by atoms with Crippen molar-refractivity contribution in [3.05, 3.63) is 46.9 Å². The Morgan fingerprint density at radius 2 is 1.69 bits per heavy atom. The lowest BCUT2D eigenvalue weighted by atomic mass is 9.97. The molecule has 0 saturated carbocycles. The van der Waals surface area contributed by atoms with Crippen LogP contribution < -0.4 is 4.90 Å². The van der Waals surface area contributed by atoms with Crippen molar-refractivity contribution in [3.8, 4) is 0 Å². The van der Waals surface area contributed by atoms with E-state index in [4.69, 9.17) is 0 Å². The molecule has 29 heavy (non-hydrogen) atoms. The molecule has 0 spiro atoms. The highest BCUT2D eigenvalue weighted by atomic mass is 32.2. The van der Waals surface area contributed by atoms with Crippen LogP contribution in [0.1, 0.15) is 23.3 Å². The Labute approximate surface area is 173 Å². The van der Waals surface area contributed by atoms with E-state index in [2.05, 4.69) is 14.9 Å². The molecule has 2 aromatic heterocycles. The number of piperazine rings is 1. The van der Waals surface area contributed by atoms with Crippen molar-refractivity contribution in [2.45, 2.75) is 30.6 Å². The minimum atomic E-state index is -3.62. The van der Waals surface area contributed by atoms with Gasteiger partial charge in [-0.25, -0.2) is 22.8 Å². The van der Waals surface area contributed by atoms with E-state index in [1.807, 2.05) is 0 Å². The number of nitrogens with zero attached hydrogens (tertiary/aromatic N) is 4. The van der Waals surface area contributed by atoms with Gasteiger partial charge in [-0.05, 0) is 55.5 Å². The number of thiophene rings is 1. The predicted octanol–water partition coefficient (Wildman–Crippen LogP) is 3.22. The zero-order valence-electron chi connectivity index (χ0n) is 15.8. The Bertz CT molecular complexity index is 1150. The van der Waals surface area contributed by atoms with Crippen LogP contribution in [0.3, 0.4) is 0 Å². The van der Waals surface area contributed by atoms with Crippen LogP contribution in [0.15, 0.2) is 35.5 Å². The maximum Gasteiger partial charge on any atom is 0.243 e. The Balaban J connectivity index is 1.40. The Morgan fingerprint density at radius 1 is 0.966 bits per heavy atom. The predicted molar refractivity (Wildman–Crippen MR) is 111 cm³/mol. The van der Waals surface area contributed by atoms with Gasteiger partial charge in [0.15, 0.2) is 0 Å². The summed E-state index contributed by atoms with van der Waals surface area (Å²) in [5.41, 5.74) is 1.38. The number of benzene rings is 1. The number of hydrogen-bond acceptors (Lipinski definition) is 6. The van der Waals surface area contributed by atoms with Gasteiger partial charge in [-0.1, -0.05) is 0 Å². The monoisotopic (exact) mass is 432 g/mol. The zero-order valence-corrected chi connectivity index (χ0v) is 17.5. The minimum Gasteiger partial charge on any atom is -0.353 e. The largest absolute Gasteiger partial charge is 0.353 e. The molecule has 3 aromatic rings. The molecular formula is C20H21FN4O2S2. The maximum absolute atomic E-state index is 13.2. The van der Waals surface area contributed by atoms with Crippen LogP contribution in [0.25, 0.3) is 10.2 Å². The fourth-order valence-corrected chi connectivity index (χ4v) is 6.85. The summed E-state index contributed by atoms with van der Waals surface area (Å²) < 4.78 is 40.4. The van der Waals surface area contributed by atoms with Gasteiger partial charge in [0.2, 0.25) is 10.0 Å². The quantitative estimate of drug-likeness (QED) is 0.636. The number of aromatic nitrogens is 2. The number of rotatable bonds is 3. The van der Waals surface area contributed by atoms with Crippen molar-refractivity contribution in [2.24, 2.45) is 0 Å². The van der Waals surface area contributed by atoms with Gasteiger partial charge in [0.05, 0.1) is 10.3 Å². The van der Waals surface area contributed by atoms with E-state index in [1.54, 1.807) is 17.7 Å². The summed E-state index contributed by atoms with van der Waals surface area (Å²) in [5, 5.41) is 1.15. The lowest BCUT2D eigenvalue weighted by molar-refractivity contribution is 0.384. The summed E-state index contributed by atoms with van der Waals surface area (Å²) in [6, 6.07) is 5.01. The van der Waals surface area contributed by atoms with Crippen molar-refractivity contribution < 1.29 is 12.8 Å².